The van der Waals surface area contributed by atoms with Crippen LogP contribution in [0, 0.1) is 0 Å². The van der Waals surface area contributed by atoms with E-state index in [2.05, 4.69) is 27.9 Å². The van der Waals surface area contributed by atoms with Crippen LogP contribution in [0.4, 0.5) is 5.69 Å². The van der Waals surface area contributed by atoms with Gasteiger partial charge in [-0.1, -0.05) is 18.2 Å². The molecule has 1 saturated heterocycles. The summed E-state index contributed by atoms with van der Waals surface area (Å²) in [5, 5.41) is 1.06. The number of nitrogens with zero attached hydrogens (tertiary/aromatic N) is 2. The van der Waals surface area contributed by atoms with Crippen molar-refractivity contribution in [3.8, 4) is 5.75 Å². The van der Waals surface area contributed by atoms with E-state index in [-0.39, 0.29) is 12.6 Å². The molecule has 1 aliphatic heterocycles. The van der Waals surface area contributed by atoms with Crippen LogP contribution >= 0.6 is 0 Å². The highest BCUT2D eigenvalue weighted by molar-refractivity contribution is 6.00. The number of anilines is 1. The van der Waals surface area contributed by atoms with Crippen LogP contribution in [0.25, 0.3) is 10.9 Å². The Morgan fingerprint density at radius 1 is 1.07 bits per heavy atom. The summed E-state index contributed by atoms with van der Waals surface area (Å²) in [6.45, 7) is 6.86. The maximum absolute atomic E-state index is 12.6. The topological polar surface area (TPSA) is 57.8 Å². The molecule has 0 bridgehead atoms. The normalized spacial score (nSPS) is 14.9. The SMILES string of the molecule is CCOc1ccc(COC(=O)c2cc3c(N4CCN(C)CC4)cccc3[nH]2)cc1. The summed E-state index contributed by atoms with van der Waals surface area (Å²) in [5.74, 6) is 0.467. The largest absolute Gasteiger partial charge is 0.494 e. The third-order valence-corrected chi connectivity index (χ3v) is 5.31. The van der Waals surface area contributed by atoms with E-state index in [9.17, 15) is 4.79 Å². The Balaban J connectivity index is 1.46. The first kappa shape index (κ1) is 19.3. The highest BCUT2D eigenvalue weighted by Gasteiger charge is 2.19. The molecule has 1 aromatic heterocycles. The van der Waals surface area contributed by atoms with Crippen molar-refractivity contribution < 1.29 is 14.3 Å². The number of likely N-dealkylation sites (N-methyl/N-ethyl adjacent to an activating group) is 1. The van der Waals surface area contributed by atoms with Gasteiger partial charge in [-0.15, -0.1) is 0 Å². The van der Waals surface area contributed by atoms with Crippen LogP contribution in [-0.4, -0.2) is 55.7 Å². The van der Waals surface area contributed by atoms with Gasteiger partial charge in [0.05, 0.1) is 6.61 Å². The molecule has 2 aromatic carbocycles. The zero-order chi connectivity index (χ0) is 20.2. The number of piperazine rings is 1. The molecule has 1 fully saturated rings. The van der Waals surface area contributed by atoms with Gasteiger partial charge < -0.3 is 24.3 Å². The summed E-state index contributed by atoms with van der Waals surface area (Å²) in [6, 6.07) is 15.7. The highest BCUT2D eigenvalue weighted by Crippen LogP contribution is 2.28. The Morgan fingerprint density at radius 2 is 1.83 bits per heavy atom. The Bertz CT molecular complexity index is 973. The van der Waals surface area contributed by atoms with Gasteiger partial charge in [0.2, 0.25) is 0 Å². The van der Waals surface area contributed by atoms with E-state index < -0.39 is 0 Å². The second-order valence-electron chi connectivity index (χ2n) is 7.36. The van der Waals surface area contributed by atoms with Crippen molar-refractivity contribution in [2.45, 2.75) is 13.5 Å². The first-order valence-corrected chi connectivity index (χ1v) is 10.1. The molecule has 0 unspecified atom stereocenters. The lowest BCUT2D eigenvalue weighted by Crippen LogP contribution is -2.44. The minimum atomic E-state index is -0.348. The summed E-state index contributed by atoms with van der Waals surface area (Å²) in [6.07, 6.45) is 0. The molecule has 2 heterocycles. The molecular weight excluding hydrogens is 366 g/mol. The molecule has 0 amide bonds. The minimum absolute atomic E-state index is 0.228. The summed E-state index contributed by atoms with van der Waals surface area (Å²) in [7, 11) is 2.15. The summed E-state index contributed by atoms with van der Waals surface area (Å²) < 4.78 is 10.9. The molecule has 3 aromatic rings. The predicted molar refractivity (Wildman–Crippen MR) is 115 cm³/mol. The third-order valence-electron chi connectivity index (χ3n) is 5.31. The van der Waals surface area contributed by atoms with Crippen LogP contribution in [0.2, 0.25) is 0 Å². The number of aromatic amines is 1. The van der Waals surface area contributed by atoms with Gasteiger partial charge in [-0.2, -0.15) is 0 Å². The maximum Gasteiger partial charge on any atom is 0.355 e. The molecule has 0 saturated carbocycles. The maximum atomic E-state index is 12.6. The van der Waals surface area contributed by atoms with Crippen molar-refractivity contribution in [3.05, 3.63) is 59.8 Å². The van der Waals surface area contributed by atoms with E-state index in [4.69, 9.17) is 9.47 Å². The monoisotopic (exact) mass is 393 g/mol. The van der Waals surface area contributed by atoms with Crippen molar-refractivity contribution >= 4 is 22.6 Å². The molecule has 152 valence electrons. The zero-order valence-corrected chi connectivity index (χ0v) is 17.0. The number of fused-ring (bicyclic) bond motifs is 1. The Hall–Kier alpha value is -2.99. The molecule has 1 aliphatic rings. The number of ether oxygens (including phenoxy) is 2. The quantitative estimate of drug-likeness (QED) is 0.648. The van der Waals surface area contributed by atoms with Crippen molar-refractivity contribution in [1.82, 2.24) is 9.88 Å². The second kappa shape index (κ2) is 8.57. The number of esters is 1. The van der Waals surface area contributed by atoms with Crippen LogP contribution in [0.15, 0.2) is 48.5 Å². The molecule has 0 aliphatic carbocycles. The van der Waals surface area contributed by atoms with Crippen molar-refractivity contribution in [2.75, 3.05) is 44.7 Å². The van der Waals surface area contributed by atoms with Crippen molar-refractivity contribution in [1.29, 1.82) is 0 Å². The van der Waals surface area contributed by atoms with Crippen molar-refractivity contribution in [2.24, 2.45) is 0 Å². The van der Waals surface area contributed by atoms with Gasteiger partial charge in [-0.3, -0.25) is 0 Å². The van der Waals surface area contributed by atoms with E-state index >= 15 is 0 Å². The molecule has 4 rings (SSSR count). The Labute approximate surface area is 171 Å². The average molecular weight is 393 g/mol. The van der Waals surface area contributed by atoms with Crippen LogP contribution < -0.4 is 9.64 Å². The lowest BCUT2D eigenvalue weighted by Gasteiger charge is -2.34. The van der Waals surface area contributed by atoms with Gasteiger partial charge in [0.15, 0.2) is 0 Å². The molecule has 6 nitrogen and oxygen atoms in total. The molecule has 0 radical (unpaired) electrons. The molecular formula is C23H27N3O3. The first-order chi connectivity index (χ1) is 14.1. The number of carbonyl (C=O) groups is 1. The fraction of sp³-hybridized carbons (Fsp3) is 0.348. The number of hydrogen-bond acceptors (Lipinski definition) is 5. The Kier molecular flexibility index (Phi) is 5.71. The number of hydrogen-bond donors (Lipinski definition) is 1. The standard InChI is InChI=1S/C23H27N3O3/c1-3-28-18-9-7-17(8-10-18)16-29-23(27)21-15-19-20(24-21)5-4-6-22(19)26-13-11-25(2)12-14-26/h4-10,15,24H,3,11-14,16H2,1-2H3. The molecule has 0 atom stereocenters. The number of carbonyl (C=O) groups excluding carboxylic acids is 1. The van der Waals surface area contributed by atoms with Gasteiger partial charge in [-0.05, 0) is 49.9 Å². The molecule has 1 N–H and O–H groups in total. The summed E-state index contributed by atoms with van der Waals surface area (Å²) >= 11 is 0. The van der Waals surface area contributed by atoms with Crippen molar-refractivity contribution in [3.63, 3.8) is 0 Å². The average Bonchev–Trinajstić information content (AvgIpc) is 3.18. The smallest absolute Gasteiger partial charge is 0.355 e. The molecule has 6 heteroatoms. The number of benzene rings is 2. The van der Waals surface area contributed by atoms with Crippen LogP contribution in [0.5, 0.6) is 5.75 Å². The molecule has 29 heavy (non-hydrogen) atoms. The fourth-order valence-corrected chi connectivity index (χ4v) is 3.65. The van der Waals surface area contributed by atoms with E-state index in [1.807, 2.05) is 49.4 Å². The van der Waals surface area contributed by atoms with Gasteiger partial charge in [0.1, 0.15) is 18.1 Å². The summed E-state index contributed by atoms with van der Waals surface area (Å²) in [5.41, 5.74) is 3.52. The van der Waals surface area contributed by atoms with Gasteiger partial charge >= 0.3 is 5.97 Å². The van der Waals surface area contributed by atoms with E-state index in [0.29, 0.717) is 12.3 Å². The lowest BCUT2D eigenvalue weighted by molar-refractivity contribution is 0.0467. The fourth-order valence-electron chi connectivity index (χ4n) is 3.65. The van der Waals surface area contributed by atoms with Crippen LogP contribution in [0.3, 0.4) is 0 Å². The minimum Gasteiger partial charge on any atom is -0.494 e. The van der Waals surface area contributed by atoms with E-state index in [1.54, 1.807) is 0 Å². The summed E-state index contributed by atoms with van der Waals surface area (Å²) in [4.78, 5) is 20.5. The number of H-pyrrole nitrogens is 1. The van der Waals surface area contributed by atoms with Gasteiger partial charge in [0, 0.05) is 42.8 Å². The van der Waals surface area contributed by atoms with E-state index in [0.717, 1.165) is 54.1 Å². The molecule has 0 spiro atoms. The van der Waals surface area contributed by atoms with Crippen LogP contribution in [-0.2, 0) is 11.3 Å². The number of nitrogens with one attached hydrogen (secondary N) is 1. The number of rotatable bonds is 6. The zero-order valence-electron chi connectivity index (χ0n) is 17.0. The van der Waals surface area contributed by atoms with Gasteiger partial charge in [-0.25, -0.2) is 4.79 Å². The van der Waals surface area contributed by atoms with Crippen LogP contribution in [0.1, 0.15) is 23.0 Å². The Morgan fingerprint density at radius 3 is 2.55 bits per heavy atom. The van der Waals surface area contributed by atoms with Gasteiger partial charge in [0.25, 0.3) is 0 Å². The number of aromatic nitrogens is 1. The third kappa shape index (κ3) is 4.38. The lowest BCUT2D eigenvalue weighted by atomic mass is 10.1. The second-order valence-corrected chi connectivity index (χ2v) is 7.36. The van der Waals surface area contributed by atoms with E-state index in [1.165, 1.54) is 0 Å². The first-order valence-electron chi connectivity index (χ1n) is 10.1. The highest BCUT2D eigenvalue weighted by atomic mass is 16.5. The predicted octanol–water partition coefficient (Wildman–Crippen LogP) is 3.68.